The van der Waals surface area contributed by atoms with Gasteiger partial charge in [0.25, 0.3) is 0 Å². The van der Waals surface area contributed by atoms with E-state index in [1.807, 2.05) is 35.3 Å². The van der Waals surface area contributed by atoms with Crippen molar-refractivity contribution in [2.45, 2.75) is 74.1 Å². The van der Waals surface area contributed by atoms with Gasteiger partial charge in [0.1, 0.15) is 17.3 Å². The molecular formula is C45H48N4O. The third kappa shape index (κ3) is 7.23. The molecule has 0 aliphatic heterocycles. The normalized spacial score (nSPS) is 12.2. The Morgan fingerprint density at radius 1 is 0.660 bits per heavy atom. The first-order valence-electron chi connectivity index (χ1n) is 17.8. The van der Waals surface area contributed by atoms with E-state index in [4.69, 9.17) is 14.8 Å². The number of nitrogens with zero attached hydrogens (tertiary/aromatic N) is 4. The van der Waals surface area contributed by atoms with Crippen LogP contribution in [0.4, 0.5) is 0 Å². The molecule has 0 N–H and O–H groups in total. The molecule has 254 valence electrons. The molecule has 0 saturated carbocycles. The van der Waals surface area contributed by atoms with Crippen molar-refractivity contribution in [2.75, 3.05) is 0 Å². The quantitative estimate of drug-likeness (QED) is 0.155. The number of benzene rings is 4. The zero-order valence-corrected chi connectivity index (χ0v) is 30.5. The molecule has 0 fully saturated rings. The van der Waals surface area contributed by atoms with E-state index in [2.05, 4.69) is 138 Å². The van der Waals surface area contributed by atoms with Crippen LogP contribution in [-0.2, 0) is 12.8 Å². The van der Waals surface area contributed by atoms with Crippen LogP contribution in [0.25, 0.3) is 44.4 Å². The molecule has 0 spiro atoms. The Labute approximate surface area is 296 Å². The van der Waals surface area contributed by atoms with E-state index >= 15 is 0 Å². The first-order chi connectivity index (χ1) is 23.9. The van der Waals surface area contributed by atoms with Gasteiger partial charge in [0, 0.05) is 40.9 Å². The van der Waals surface area contributed by atoms with Crippen LogP contribution in [0, 0.1) is 17.8 Å². The van der Waals surface area contributed by atoms with Crippen LogP contribution in [0.3, 0.4) is 0 Å². The Morgan fingerprint density at radius 3 is 2.06 bits per heavy atom. The van der Waals surface area contributed by atoms with E-state index < -0.39 is 0 Å². The predicted molar refractivity (Wildman–Crippen MR) is 208 cm³/mol. The largest absolute Gasteiger partial charge is 0.457 e. The van der Waals surface area contributed by atoms with Crippen LogP contribution in [-0.4, -0.2) is 19.3 Å². The Balaban J connectivity index is 1.21. The van der Waals surface area contributed by atoms with E-state index in [-0.39, 0.29) is 10.8 Å². The Hall–Kier alpha value is -5.16. The molecule has 3 aromatic heterocycles. The maximum Gasteiger partial charge on any atom is 0.137 e. The van der Waals surface area contributed by atoms with Gasteiger partial charge in [-0.3, -0.25) is 4.57 Å². The van der Waals surface area contributed by atoms with Crippen molar-refractivity contribution in [3.63, 3.8) is 0 Å². The average molecular weight is 661 g/mol. The second-order valence-corrected chi connectivity index (χ2v) is 16.1. The molecule has 5 heteroatoms. The minimum absolute atomic E-state index is 0.266. The van der Waals surface area contributed by atoms with Crippen LogP contribution in [0.5, 0.6) is 11.5 Å². The first-order valence-corrected chi connectivity index (χ1v) is 17.8. The summed E-state index contributed by atoms with van der Waals surface area (Å²) < 4.78 is 10.7. The molecule has 0 saturated heterocycles. The number of rotatable bonds is 9. The van der Waals surface area contributed by atoms with Gasteiger partial charge in [-0.2, -0.15) is 5.10 Å². The highest BCUT2D eigenvalue weighted by Gasteiger charge is 2.19. The summed E-state index contributed by atoms with van der Waals surface area (Å²) in [6, 6.07) is 34.0. The van der Waals surface area contributed by atoms with Gasteiger partial charge in [0.2, 0.25) is 0 Å². The summed E-state index contributed by atoms with van der Waals surface area (Å²) in [6.07, 6.45) is 10.4. The van der Waals surface area contributed by atoms with Crippen molar-refractivity contribution in [1.29, 1.82) is 0 Å². The van der Waals surface area contributed by atoms with Gasteiger partial charge in [-0.15, -0.1) is 0 Å². The van der Waals surface area contributed by atoms with Crippen molar-refractivity contribution >= 4 is 21.8 Å². The molecule has 0 atom stereocenters. The summed E-state index contributed by atoms with van der Waals surface area (Å²) in [5.74, 6) is 2.42. The third-order valence-electron chi connectivity index (χ3n) is 9.49. The average Bonchev–Trinajstić information content (AvgIpc) is 3.69. The maximum absolute atomic E-state index is 6.54. The number of ether oxygens (including phenoxy) is 1. The lowest BCUT2D eigenvalue weighted by molar-refractivity contribution is 0.376. The van der Waals surface area contributed by atoms with Gasteiger partial charge in [-0.05, 0) is 108 Å². The van der Waals surface area contributed by atoms with Gasteiger partial charge in [-0.1, -0.05) is 84.0 Å². The summed E-state index contributed by atoms with van der Waals surface area (Å²) in [6.45, 7) is 16.0. The summed E-state index contributed by atoms with van der Waals surface area (Å²) >= 11 is 0. The molecule has 7 aromatic rings. The number of fused-ring (bicyclic) bond motifs is 3. The summed E-state index contributed by atoms with van der Waals surface area (Å²) in [5, 5.41) is 7.23. The molecular weight excluding hydrogens is 613 g/mol. The van der Waals surface area contributed by atoms with E-state index in [1.165, 1.54) is 33.0 Å². The van der Waals surface area contributed by atoms with Crippen LogP contribution < -0.4 is 4.74 Å². The highest BCUT2D eigenvalue weighted by molar-refractivity contribution is 6.09. The molecule has 4 aromatic carbocycles. The van der Waals surface area contributed by atoms with Crippen molar-refractivity contribution in [1.82, 2.24) is 19.3 Å². The van der Waals surface area contributed by atoms with E-state index in [0.717, 1.165) is 65.3 Å². The molecule has 0 unspecified atom stereocenters. The SMILES string of the molecule is Cc1ccnc(-n2c3ccccc3c3ccc(Oc4cccc(-n5cc(-c6c(CCC(C)(C)C)cccc6CCC(C)(C)C)cn5)c4)cc32)c1. The number of para-hydroxylation sites is 1. The van der Waals surface area contributed by atoms with Crippen LogP contribution in [0.2, 0.25) is 0 Å². The summed E-state index contributed by atoms with van der Waals surface area (Å²) in [4.78, 5) is 4.73. The summed E-state index contributed by atoms with van der Waals surface area (Å²) in [7, 11) is 0. The van der Waals surface area contributed by atoms with Crippen molar-refractivity contribution in [2.24, 2.45) is 10.8 Å². The highest BCUT2D eigenvalue weighted by atomic mass is 16.5. The number of hydrogen-bond acceptors (Lipinski definition) is 3. The van der Waals surface area contributed by atoms with Gasteiger partial charge in [0.05, 0.1) is 22.9 Å². The predicted octanol–water partition coefficient (Wildman–Crippen LogP) is 12.1. The van der Waals surface area contributed by atoms with E-state index in [1.54, 1.807) is 0 Å². The monoisotopic (exact) mass is 660 g/mol. The Morgan fingerprint density at radius 2 is 1.34 bits per heavy atom. The fourth-order valence-electron chi connectivity index (χ4n) is 6.78. The van der Waals surface area contributed by atoms with Crippen molar-refractivity contribution in [3.8, 4) is 34.1 Å². The number of aryl methyl sites for hydroxylation is 3. The zero-order chi connectivity index (χ0) is 35.0. The Bertz CT molecular complexity index is 2260. The zero-order valence-electron chi connectivity index (χ0n) is 30.5. The van der Waals surface area contributed by atoms with Crippen LogP contribution >= 0.6 is 0 Å². The molecule has 0 bridgehead atoms. The molecule has 3 heterocycles. The van der Waals surface area contributed by atoms with E-state index in [9.17, 15) is 0 Å². The molecule has 7 rings (SSSR count). The molecule has 50 heavy (non-hydrogen) atoms. The molecule has 5 nitrogen and oxygen atoms in total. The molecule has 0 amide bonds. The number of pyridine rings is 1. The van der Waals surface area contributed by atoms with Gasteiger partial charge in [0.15, 0.2) is 0 Å². The Kier molecular flexibility index (Phi) is 8.86. The van der Waals surface area contributed by atoms with Crippen molar-refractivity contribution < 1.29 is 4.74 Å². The second-order valence-electron chi connectivity index (χ2n) is 16.1. The number of hydrogen-bond donors (Lipinski definition) is 0. The lowest BCUT2D eigenvalue weighted by Gasteiger charge is -2.22. The fraction of sp³-hybridized carbons (Fsp3) is 0.289. The van der Waals surface area contributed by atoms with Crippen molar-refractivity contribution in [3.05, 3.63) is 132 Å². The van der Waals surface area contributed by atoms with Gasteiger partial charge in [-0.25, -0.2) is 9.67 Å². The topological polar surface area (TPSA) is 44.9 Å². The lowest BCUT2D eigenvalue weighted by atomic mass is 9.83. The second kappa shape index (κ2) is 13.3. The maximum atomic E-state index is 6.54. The summed E-state index contributed by atoms with van der Waals surface area (Å²) in [5.41, 5.74) is 10.1. The molecule has 0 aliphatic rings. The third-order valence-corrected chi connectivity index (χ3v) is 9.49. The fourth-order valence-corrected chi connectivity index (χ4v) is 6.78. The standard InChI is InChI=1S/C45H48N4O/c1-31-22-25-46-42(26-31)49-40-17-9-8-16-38(40)39-19-18-37(28-41(39)49)50-36-15-11-14-35(27-36)48-30-34(29-47-48)43-32(20-23-44(2,3)4)12-10-13-33(43)21-24-45(5,6)7/h8-19,22,25-30H,20-21,23-24H2,1-7H3. The number of aromatic nitrogens is 4. The molecule has 0 aliphatic carbocycles. The smallest absolute Gasteiger partial charge is 0.137 e. The van der Waals surface area contributed by atoms with Gasteiger partial charge < -0.3 is 4.74 Å². The van der Waals surface area contributed by atoms with Crippen LogP contribution in [0.15, 0.2) is 116 Å². The van der Waals surface area contributed by atoms with Gasteiger partial charge >= 0.3 is 0 Å². The highest BCUT2D eigenvalue weighted by Crippen LogP contribution is 2.37. The minimum Gasteiger partial charge on any atom is -0.457 e. The molecule has 0 radical (unpaired) electrons. The minimum atomic E-state index is 0.266. The van der Waals surface area contributed by atoms with Crippen LogP contribution in [0.1, 0.15) is 71.1 Å². The first kappa shape index (κ1) is 33.3. The van der Waals surface area contributed by atoms with E-state index in [0.29, 0.717) is 0 Å². The lowest BCUT2D eigenvalue weighted by Crippen LogP contribution is -2.09.